The Bertz CT molecular complexity index is 1820. The predicted molar refractivity (Wildman–Crippen MR) is 152 cm³/mol. The lowest BCUT2D eigenvalue weighted by Gasteiger charge is -2.12. The normalized spacial score (nSPS) is 11.4. The first-order valence-corrected chi connectivity index (χ1v) is 13.5. The van der Waals surface area contributed by atoms with E-state index in [0.29, 0.717) is 32.4 Å². The van der Waals surface area contributed by atoms with E-state index in [-0.39, 0.29) is 22.1 Å². The van der Waals surface area contributed by atoms with Crippen LogP contribution in [-0.2, 0) is 6.18 Å². The Balaban J connectivity index is 1.37. The number of alkyl halides is 3. The fourth-order valence-corrected chi connectivity index (χ4v) is 4.94. The number of pyridine rings is 1. The number of amides is 1. The van der Waals surface area contributed by atoms with Crippen LogP contribution >= 0.6 is 22.9 Å². The van der Waals surface area contributed by atoms with Crippen molar-refractivity contribution in [2.45, 2.75) is 6.18 Å². The lowest BCUT2D eigenvalue weighted by molar-refractivity contribution is -0.142. The highest BCUT2D eigenvalue weighted by molar-refractivity contribution is 7.13. The van der Waals surface area contributed by atoms with E-state index in [9.17, 15) is 18.0 Å². The highest BCUT2D eigenvalue weighted by Crippen LogP contribution is 2.36. The molecule has 0 bridgehead atoms. The number of carbonyl (C=O) groups excluding carboxylic acids is 1. The van der Waals surface area contributed by atoms with Crippen molar-refractivity contribution < 1.29 is 27.4 Å². The van der Waals surface area contributed by atoms with Gasteiger partial charge < -0.3 is 14.8 Å². The summed E-state index contributed by atoms with van der Waals surface area (Å²) in [6.45, 7) is 0. The number of fused-ring (bicyclic) bond motifs is 1. The third-order valence-electron chi connectivity index (χ3n) is 5.80. The Morgan fingerprint density at radius 2 is 1.64 bits per heavy atom. The highest BCUT2D eigenvalue weighted by atomic mass is 35.5. The lowest BCUT2D eigenvalue weighted by Crippen LogP contribution is -2.16. The van der Waals surface area contributed by atoms with Gasteiger partial charge in [0.05, 0.1) is 16.8 Å². The molecule has 0 spiro atoms. The molecule has 4 heterocycles. The molecule has 8 nitrogen and oxygen atoms in total. The summed E-state index contributed by atoms with van der Waals surface area (Å²) in [5.74, 6) is 0.724. The van der Waals surface area contributed by atoms with Crippen LogP contribution in [0.3, 0.4) is 0 Å². The average Bonchev–Trinajstić information content (AvgIpc) is 3.62. The number of ether oxygens (including phenoxy) is 2. The molecule has 0 radical (unpaired) electrons. The smallest absolute Gasteiger partial charge is 0.433 e. The van der Waals surface area contributed by atoms with E-state index >= 15 is 0 Å². The second-order valence-corrected chi connectivity index (χ2v) is 10.1. The first-order chi connectivity index (χ1) is 20.2. The maximum absolute atomic E-state index is 14.0. The van der Waals surface area contributed by atoms with Gasteiger partial charge in [-0.2, -0.15) is 18.3 Å². The van der Waals surface area contributed by atoms with Crippen molar-refractivity contribution in [3.8, 4) is 33.6 Å². The van der Waals surface area contributed by atoms with E-state index in [0.717, 1.165) is 6.07 Å². The Morgan fingerprint density at radius 3 is 2.31 bits per heavy atom. The van der Waals surface area contributed by atoms with Crippen LogP contribution in [0.15, 0.2) is 96.6 Å². The topological polar surface area (TPSA) is 90.6 Å². The molecule has 4 aromatic heterocycles. The van der Waals surface area contributed by atoms with Crippen LogP contribution in [0.5, 0.6) is 23.0 Å². The van der Waals surface area contributed by atoms with Crippen LogP contribution in [0.1, 0.15) is 16.2 Å². The summed E-state index contributed by atoms with van der Waals surface area (Å²) in [6, 6.07) is 21.2. The highest BCUT2D eigenvalue weighted by Gasteiger charge is 2.37. The third kappa shape index (κ3) is 5.76. The molecule has 42 heavy (non-hydrogen) atoms. The van der Waals surface area contributed by atoms with E-state index in [1.54, 1.807) is 66.2 Å². The predicted octanol–water partition coefficient (Wildman–Crippen LogP) is 8.36. The summed E-state index contributed by atoms with van der Waals surface area (Å²) < 4.78 is 54.4. The van der Waals surface area contributed by atoms with Crippen molar-refractivity contribution in [2.75, 3.05) is 5.32 Å². The van der Waals surface area contributed by atoms with Gasteiger partial charge in [-0.1, -0.05) is 35.9 Å². The van der Waals surface area contributed by atoms with Crippen LogP contribution in [0, 0.1) is 0 Å². The van der Waals surface area contributed by atoms with Gasteiger partial charge in [0.2, 0.25) is 0 Å². The molecule has 210 valence electrons. The molecule has 2 aromatic carbocycles. The Hall–Kier alpha value is -4.94. The molecule has 0 aliphatic carbocycles. The quantitative estimate of drug-likeness (QED) is 0.196. The standard InChI is InChI=1S/C29H17ClF3N5O3S/c30-25-26(37-38-24(29(31,32)33)15-22(36-27(25)38)23-9-5-11-42-23)28(39)35-17-12-20(40-18-6-2-1-3-7-18)14-21(13-17)41-19-8-4-10-34-16-19/h1-16H,(H,35,39). The van der Waals surface area contributed by atoms with Crippen molar-refractivity contribution >= 4 is 40.2 Å². The summed E-state index contributed by atoms with van der Waals surface area (Å²) in [5, 5.41) is 7.91. The molecule has 6 aromatic rings. The minimum absolute atomic E-state index is 0.0570. The van der Waals surface area contributed by atoms with Crippen LogP contribution in [-0.4, -0.2) is 25.5 Å². The van der Waals surface area contributed by atoms with Gasteiger partial charge in [0.1, 0.15) is 28.0 Å². The average molecular weight is 608 g/mol. The molecule has 0 unspecified atom stereocenters. The second kappa shape index (κ2) is 11.1. The van der Waals surface area contributed by atoms with Crippen LogP contribution < -0.4 is 14.8 Å². The lowest BCUT2D eigenvalue weighted by atomic mass is 10.2. The molecular formula is C29H17ClF3N5O3S. The summed E-state index contributed by atoms with van der Waals surface area (Å²) >= 11 is 7.64. The van der Waals surface area contributed by atoms with Crippen molar-refractivity contribution in [1.29, 1.82) is 0 Å². The molecule has 0 saturated carbocycles. The molecule has 0 aliphatic heterocycles. The van der Waals surface area contributed by atoms with E-state index in [2.05, 4.69) is 20.4 Å². The molecule has 1 N–H and O–H groups in total. The van der Waals surface area contributed by atoms with Crippen molar-refractivity contribution in [3.05, 3.63) is 113 Å². The van der Waals surface area contributed by atoms with E-state index in [4.69, 9.17) is 21.1 Å². The van der Waals surface area contributed by atoms with Gasteiger partial charge in [0.15, 0.2) is 17.0 Å². The number of benzene rings is 2. The van der Waals surface area contributed by atoms with Gasteiger partial charge in [0.25, 0.3) is 5.91 Å². The number of halogens is 4. The van der Waals surface area contributed by atoms with E-state index in [1.165, 1.54) is 29.7 Å². The Morgan fingerprint density at radius 1 is 0.905 bits per heavy atom. The Labute approximate surface area is 245 Å². The fraction of sp³-hybridized carbons (Fsp3) is 0.0345. The summed E-state index contributed by atoms with van der Waals surface area (Å²) in [4.78, 5) is 22.1. The molecule has 0 saturated heterocycles. The number of anilines is 1. The minimum Gasteiger partial charge on any atom is -0.457 e. The van der Waals surface area contributed by atoms with Crippen molar-refractivity contribution in [3.63, 3.8) is 0 Å². The fourth-order valence-electron chi connectivity index (χ4n) is 4.01. The zero-order chi connectivity index (χ0) is 29.3. The number of rotatable bonds is 7. The van der Waals surface area contributed by atoms with Gasteiger partial charge in [0, 0.05) is 30.1 Å². The maximum Gasteiger partial charge on any atom is 0.433 e. The number of carbonyl (C=O) groups is 1. The second-order valence-electron chi connectivity index (χ2n) is 8.75. The Kier molecular flexibility index (Phi) is 7.23. The minimum atomic E-state index is -4.79. The molecule has 0 aliphatic rings. The molecular weight excluding hydrogens is 591 g/mol. The number of para-hydroxylation sites is 1. The zero-order valence-electron chi connectivity index (χ0n) is 21.2. The van der Waals surface area contributed by atoms with E-state index < -0.39 is 23.5 Å². The van der Waals surface area contributed by atoms with Gasteiger partial charge in [-0.05, 0) is 41.8 Å². The van der Waals surface area contributed by atoms with Gasteiger partial charge in [-0.25, -0.2) is 9.50 Å². The van der Waals surface area contributed by atoms with Crippen LogP contribution in [0.4, 0.5) is 18.9 Å². The number of nitrogens with zero attached hydrogens (tertiary/aromatic N) is 4. The summed E-state index contributed by atoms with van der Waals surface area (Å²) in [7, 11) is 0. The number of nitrogens with one attached hydrogen (secondary N) is 1. The van der Waals surface area contributed by atoms with Gasteiger partial charge in [-0.3, -0.25) is 9.78 Å². The number of thiophene rings is 1. The third-order valence-corrected chi connectivity index (χ3v) is 7.04. The molecule has 0 fully saturated rings. The summed E-state index contributed by atoms with van der Waals surface area (Å²) in [6.07, 6.45) is -1.69. The van der Waals surface area contributed by atoms with E-state index in [1.807, 2.05) is 6.07 Å². The molecule has 13 heteroatoms. The summed E-state index contributed by atoms with van der Waals surface area (Å²) in [5.41, 5.74) is -1.60. The van der Waals surface area contributed by atoms with Crippen molar-refractivity contribution in [2.24, 2.45) is 0 Å². The van der Waals surface area contributed by atoms with Crippen molar-refractivity contribution in [1.82, 2.24) is 19.6 Å². The molecule has 6 rings (SSSR count). The SMILES string of the molecule is O=C(Nc1cc(Oc2ccccc2)cc(Oc2cccnc2)c1)c1nn2c(C(F)(F)F)cc(-c3cccs3)nc2c1Cl. The van der Waals surface area contributed by atoms with Gasteiger partial charge >= 0.3 is 6.18 Å². The first-order valence-electron chi connectivity index (χ1n) is 12.2. The largest absolute Gasteiger partial charge is 0.457 e. The zero-order valence-corrected chi connectivity index (χ0v) is 22.7. The first kappa shape index (κ1) is 27.2. The number of hydrogen-bond donors (Lipinski definition) is 1. The number of aromatic nitrogens is 4. The van der Waals surface area contributed by atoms with Crippen LogP contribution in [0.25, 0.3) is 16.2 Å². The number of hydrogen-bond acceptors (Lipinski definition) is 7. The molecule has 0 atom stereocenters. The molecule has 1 amide bonds. The van der Waals surface area contributed by atoms with Crippen LogP contribution in [0.2, 0.25) is 5.02 Å². The van der Waals surface area contributed by atoms with Gasteiger partial charge in [-0.15, -0.1) is 11.3 Å². The maximum atomic E-state index is 14.0. The monoisotopic (exact) mass is 607 g/mol.